The highest BCUT2D eigenvalue weighted by atomic mass is 31.2. The third-order valence-corrected chi connectivity index (χ3v) is 8.78. The van der Waals surface area contributed by atoms with E-state index in [4.69, 9.17) is 13.8 Å². The highest BCUT2D eigenvalue weighted by Crippen LogP contribution is 2.42. The van der Waals surface area contributed by atoms with E-state index in [2.05, 4.69) is 55.6 Å². The number of aliphatic hydroxyl groups is 1. The third-order valence-electron chi connectivity index (χ3n) is 7.79. The van der Waals surface area contributed by atoms with Gasteiger partial charge in [-0.2, -0.15) is 0 Å². The molecule has 0 aromatic heterocycles. The van der Waals surface area contributed by atoms with Gasteiger partial charge in [-0.3, -0.25) is 18.6 Å². The second-order valence-corrected chi connectivity index (χ2v) is 14.0. The molecule has 0 fully saturated rings. The number of unbranched alkanes of at least 4 members (excludes halogenated alkanes) is 16. The van der Waals surface area contributed by atoms with Gasteiger partial charge in [0.25, 0.3) is 0 Å². The molecular formula is C38H70NO8P. The topological polar surface area (TPSA) is 131 Å². The Kier molecular flexibility index (Phi) is 33.8. The molecule has 0 rings (SSSR count). The van der Waals surface area contributed by atoms with E-state index < -0.39 is 26.5 Å². The van der Waals surface area contributed by atoms with E-state index in [1.54, 1.807) is 0 Å². The second-order valence-electron chi connectivity index (χ2n) is 12.5. The summed E-state index contributed by atoms with van der Waals surface area (Å²) in [7, 11) is -4.41. The maximum Gasteiger partial charge on any atom is 0.472 e. The van der Waals surface area contributed by atoms with Gasteiger partial charge >= 0.3 is 13.8 Å². The molecule has 2 unspecified atom stereocenters. The van der Waals surface area contributed by atoms with Crippen LogP contribution in [0.25, 0.3) is 0 Å². The number of hydrogen-bond donors (Lipinski definition) is 3. The number of esters is 1. The van der Waals surface area contributed by atoms with Crippen LogP contribution in [-0.4, -0.2) is 54.3 Å². The molecule has 0 aromatic rings. The minimum absolute atomic E-state index is 0.0752. The van der Waals surface area contributed by atoms with Crippen molar-refractivity contribution in [3.63, 3.8) is 0 Å². The van der Waals surface area contributed by atoms with Gasteiger partial charge < -0.3 is 20.1 Å². The molecule has 280 valence electrons. The number of phosphoric acid groups is 1. The van der Waals surface area contributed by atoms with Crippen LogP contribution in [0, 0.1) is 0 Å². The Hall–Kier alpha value is -1.77. The van der Waals surface area contributed by atoms with Gasteiger partial charge in [0.2, 0.25) is 5.91 Å². The number of nitrogens with one attached hydrogen (secondary N) is 1. The fourth-order valence-corrected chi connectivity index (χ4v) is 5.62. The first-order valence-electron chi connectivity index (χ1n) is 19.0. The number of carbonyl (C=O) groups is 2. The zero-order valence-corrected chi connectivity index (χ0v) is 31.3. The third kappa shape index (κ3) is 35.5. The van der Waals surface area contributed by atoms with Gasteiger partial charge in [0.15, 0.2) is 0 Å². The Bertz CT molecular complexity index is 892. The summed E-state index contributed by atoms with van der Waals surface area (Å²) < 4.78 is 26.7. The van der Waals surface area contributed by atoms with E-state index in [-0.39, 0.29) is 32.1 Å². The van der Waals surface area contributed by atoms with Crippen molar-refractivity contribution in [1.29, 1.82) is 0 Å². The molecule has 9 nitrogen and oxygen atoms in total. The van der Waals surface area contributed by atoms with Gasteiger partial charge in [0.1, 0.15) is 12.7 Å². The Morgan fingerprint density at radius 2 is 1.15 bits per heavy atom. The minimum atomic E-state index is -4.41. The van der Waals surface area contributed by atoms with Crippen molar-refractivity contribution >= 4 is 19.7 Å². The summed E-state index contributed by atoms with van der Waals surface area (Å²) in [6.07, 6.45) is 36.4. The molecule has 0 spiro atoms. The lowest BCUT2D eigenvalue weighted by molar-refractivity contribution is -0.147. The normalized spacial score (nSPS) is 13.8. The lowest BCUT2D eigenvalue weighted by Crippen LogP contribution is -2.27. The van der Waals surface area contributed by atoms with Crippen molar-refractivity contribution in [1.82, 2.24) is 5.32 Å². The molecule has 2 atom stereocenters. The van der Waals surface area contributed by atoms with Crippen LogP contribution in [0.2, 0.25) is 0 Å². The summed E-state index contributed by atoms with van der Waals surface area (Å²) in [5.74, 6) is -0.542. The summed E-state index contributed by atoms with van der Waals surface area (Å²) in [5, 5.41) is 12.6. The van der Waals surface area contributed by atoms with Gasteiger partial charge in [-0.25, -0.2) is 4.57 Å². The fraction of sp³-hybridized carbons (Fsp3) is 0.789. The summed E-state index contributed by atoms with van der Waals surface area (Å²) in [6, 6.07) is 0. The number of ether oxygens (including phenoxy) is 1. The first-order valence-corrected chi connectivity index (χ1v) is 20.5. The summed E-state index contributed by atoms with van der Waals surface area (Å²) in [5.41, 5.74) is 0. The first-order chi connectivity index (χ1) is 23.3. The van der Waals surface area contributed by atoms with Crippen LogP contribution in [-0.2, 0) is 27.9 Å². The van der Waals surface area contributed by atoms with Crippen LogP contribution in [0.3, 0.4) is 0 Å². The lowest BCUT2D eigenvalue weighted by Gasteiger charge is -2.15. The Morgan fingerprint density at radius 3 is 1.75 bits per heavy atom. The number of phosphoric ester groups is 1. The Labute approximate surface area is 293 Å². The van der Waals surface area contributed by atoms with Gasteiger partial charge in [0, 0.05) is 19.4 Å². The molecule has 10 heteroatoms. The molecule has 0 radical (unpaired) electrons. The van der Waals surface area contributed by atoms with Crippen LogP contribution in [0.5, 0.6) is 0 Å². The summed E-state index contributed by atoms with van der Waals surface area (Å²) in [6.45, 7) is 3.45. The van der Waals surface area contributed by atoms with Crippen molar-refractivity contribution in [2.45, 2.75) is 168 Å². The lowest BCUT2D eigenvalue weighted by atomic mass is 10.1. The largest absolute Gasteiger partial charge is 0.472 e. The predicted molar refractivity (Wildman–Crippen MR) is 197 cm³/mol. The second kappa shape index (κ2) is 35.1. The number of hydrogen-bond acceptors (Lipinski definition) is 7. The molecule has 0 aliphatic rings. The quantitative estimate of drug-likeness (QED) is 0.0258. The van der Waals surface area contributed by atoms with Crippen LogP contribution in [0.1, 0.15) is 162 Å². The average molecular weight is 700 g/mol. The van der Waals surface area contributed by atoms with Crippen molar-refractivity contribution in [2.24, 2.45) is 0 Å². The van der Waals surface area contributed by atoms with E-state index >= 15 is 0 Å². The highest BCUT2D eigenvalue weighted by Gasteiger charge is 2.23. The molecule has 0 saturated carbocycles. The monoisotopic (exact) mass is 699 g/mol. The van der Waals surface area contributed by atoms with Crippen LogP contribution in [0.15, 0.2) is 36.5 Å². The summed E-state index contributed by atoms with van der Waals surface area (Å²) in [4.78, 5) is 33.7. The zero-order chi connectivity index (χ0) is 35.4. The SMILES string of the molecule is CCCC/C=C\C/C=C\CCCCCCCC(=O)OCC(O)COP(=O)(O)OCCNC(=O)CCCCCCC/C=C\CCCCCC. The smallest absolute Gasteiger partial charge is 0.463 e. The zero-order valence-electron chi connectivity index (χ0n) is 30.4. The molecular weight excluding hydrogens is 629 g/mol. The average Bonchev–Trinajstić information content (AvgIpc) is 3.07. The number of aliphatic hydroxyl groups excluding tert-OH is 1. The molecule has 3 N–H and O–H groups in total. The van der Waals surface area contributed by atoms with Gasteiger partial charge in [-0.1, -0.05) is 121 Å². The number of rotatable bonds is 35. The van der Waals surface area contributed by atoms with Crippen LogP contribution < -0.4 is 5.32 Å². The van der Waals surface area contributed by atoms with Crippen molar-refractivity contribution < 1.29 is 37.9 Å². The predicted octanol–water partition coefficient (Wildman–Crippen LogP) is 9.82. The molecule has 0 bridgehead atoms. The van der Waals surface area contributed by atoms with Gasteiger partial charge in [-0.05, 0) is 64.2 Å². The molecule has 48 heavy (non-hydrogen) atoms. The van der Waals surface area contributed by atoms with Gasteiger partial charge in [-0.15, -0.1) is 0 Å². The molecule has 0 saturated heterocycles. The van der Waals surface area contributed by atoms with E-state index in [1.807, 2.05) is 0 Å². The Morgan fingerprint density at radius 1 is 0.646 bits per heavy atom. The number of carbonyl (C=O) groups excluding carboxylic acids is 2. The van der Waals surface area contributed by atoms with E-state index in [9.17, 15) is 24.2 Å². The van der Waals surface area contributed by atoms with Crippen molar-refractivity contribution in [3.8, 4) is 0 Å². The molecule has 1 amide bonds. The standard InChI is InChI=1S/C38H70NO8P/c1-3-5-7-9-11-13-15-17-19-21-23-25-27-29-31-38(42)45-34-36(40)35-47-48(43,44)46-33-32-39-37(41)30-28-26-24-22-20-18-16-14-12-10-8-6-4-2/h9,11,14-17,36,40H,3-8,10,12-13,18-35H2,1-2H3,(H,39,41)(H,43,44)/b11-9-,16-14-,17-15-. The molecule has 0 heterocycles. The molecule has 0 aromatic carbocycles. The van der Waals surface area contributed by atoms with Crippen molar-refractivity contribution in [3.05, 3.63) is 36.5 Å². The summed E-state index contributed by atoms with van der Waals surface area (Å²) >= 11 is 0. The molecule has 0 aliphatic heterocycles. The van der Waals surface area contributed by atoms with Crippen molar-refractivity contribution in [2.75, 3.05) is 26.4 Å². The van der Waals surface area contributed by atoms with E-state index in [1.165, 1.54) is 51.4 Å². The van der Waals surface area contributed by atoms with Gasteiger partial charge in [0.05, 0.1) is 13.2 Å². The van der Waals surface area contributed by atoms with E-state index in [0.717, 1.165) is 83.5 Å². The number of allylic oxidation sites excluding steroid dienone is 6. The molecule has 0 aliphatic carbocycles. The minimum Gasteiger partial charge on any atom is -0.463 e. The van der Waals surface area contributed by atoms with Crippen LogP contribution >= 0.6 is 7.82 Å². The highest BCUT2D eigenvalue weighted by molar-refractivity contribution is 7.47. The van der Waals surface area contributed by atoms with E-state index in [0.29, 0.717) is 6.42 Å². The first kappa shape index (κ1) is 46.2. The number of amides is 1. The maximum atomic E-state index is 12.0. The fourth-order valence-electron chi connectivity index (χ4n) is 4.86. The maximum absolute atomic E-state index is 12.0. The Balaban J connectivity index is 3.66. The van der Waals surface area contributed by atoms with Crippen LogP contribution in [0.4, 0.5) is 0 Å².